The Kier molecular flexibility index (Phi) is 4.32. The van der Waals surface area contributed by atoms with Gasteiger partial charge in [-0.05, 0) is 38.9 Å². The summed E-state index contributed by atoms with van der Waals surface area (Å²) >= 11 is 4.07. The molecule has 0 rings (SSSR count). The van der Waals surface area contributed by atoms with Gasteiger partial charge in [-0.3, -0.25) is 0 Å². The van der Waals surface area contributed by atoms with Crippen LogP contribution in [0.1, 0.15) is 33.1 Å². The van der Waals surface area contributed by atoms with Crippen LogP contribution in [-0.4, -0.2) is 16.5 Å². The molecule has 0 aliphatic carbocycles. The van der Waals surface area contributed by atoms with Crippen LogP contribution in [0, 0.1) is 0 Å². The zero-order valence-electron chi connectivity index (χ0n) is 6.22. The fourth-order valence-corrected chi connectivity index (χ4v) is 0.893. The van der Waals surface area contributed by atoms with E-state index in [9.17, 15) is 5.11 Å². The topological polar surface area (TPSA) is 20.2 Å². The monoisotopic (exact) mass is 148 g/mol. The minimum atomic E-state index is -0.483. The fraction of sp³-hybridized carbons (Fsp3) is 1.00. The van der Waals surface area contributed by atoms with E-state index in [-0.39, 0.29) is 0 Å². The molecule has 56 valence electrons. The van der Waals surface area contributed by atoms with Crippen molar-refractivity contribution in [1.82, 2.24) is 0 Å². The predicted molar refractivity (Wildman–Crippen MR) is 44.0 cm³/mol. The maximum absolute atomic E-state index is 9.22. The molecule has 1 N–H and O–H groups in total. The van der Waals surface area contributed by atoms with E-state index in [1.54, 1.807) is 0 Å². The van der Waals surface area contributed by atoms with E-state index in [1.165, 1.54) is 0 Å². The van der Waals surface area contributed by atoms with Crippen molar-refractivity contribution < 1.29 is 5.11 Å². The standard InChI is InChI=1S/C7H16OS/c1-7(2,8)5-3-4-6-9/h8-9H,3-6H2,1-2H3. The summed E-state index contributed by atoms with van der Waals surface area (Å²) in [4.78, 5) is 0. The normalized spacial score (nSPS) is 12.0. The zero-order chi connectivity index (χ0) is 7.33. The summed E-state index contributed by atoms with van der Waals surface area (Å²) in [5.41, 5.74) is -0.483. The van der Waals surface area contributed by atoms with Gasteiger partial charge in [-0.2, -0.15) is 12.6 Å². The highest BCUT2D eigenvalue weighted by Gasteiger charge is 2.10. The SMILES string of the molecule is CC(C)(O)CCCCS. The maximum Gasteiger partial charge on any atom is 0.0591 e. The molecule has 0 amide bonds. The van der Waals surface area contributed by atoms with Gasteiger partial charge >= 0.3 is 0 Å². The maximum atomic E-state index is 9.22. The third-order valence-electron chi connectivity index (χ3n) is 1.20. The van der Waals surface area contributed by atoms with Crippen LogP contribution in [0.3, 0.4) is 0 Å². The van der Waals surface area contributed by atoms with Gasteiger partial charge in [-0.1, -0.05) is 0 Å². The molecule has 0 aliphatic rings. The number of rotatable bonds is 4. The zero-order valence-corrected chi connectivity index (χ0v) is 7.12. The predicted octanol–water partition coefficient (Wildman–Crippen LogP) is 1.86. The lowest BCUT2D eigenvalue weighted by atomic mass is 10.0. The van der Waals surface area contributed by atoms with Gasteiger partial charge in [0.2, 0.25) is 0 Å². The van der Waals surface area contributed by atoms with Gasteiger partial charge in [0, 0.05) is 0 Å². The fourth-order valence-electron chi connectivity index (χ4n) is 0.669. The van der Waals surface area contributed by atoms with E-state index in [2.05, 4.69) is 12.6 Å². The molecular formula is C7H16OS. The van der Waals surface area contributed by atoms with Crippen molar-refractivity contribution in [3.63, 3.8) is 0 Å². The lowest BCUT2D eigenvalue weighted by Crippen LogP contribution is -2.17. The lowest BCUT2D eigenvalue weighted by Gasteiger charge is -2.15. The van der Waals surface area contributed by atoms with E-state index in [0.717, 1.165) is 25.0 Å². The van der Waals surface area contributed by atoms with Crippen LogP contribution in [0.15, 0.2) is 0 Å². The number of hydrogen-bond donors (Lipinski definition) is 2. The molecule has 9 heavy (non-hydrogen) atoms. The largest absolute Gasteiger partial charge is 0.390 e. The number of unbranched alkanes of at least 4 members (excludes halogenated alkanes) is 1. The summed E-state index contributed by atoms with van der Waals surface area (Å²) < 4.78 is 0. The molecule has 1 nitrogen and oxygen atoms in total. The van der Waals surface area contributed by atoms with E-state index in [4.69, 9.17) is 0 Å². The van der Waals surface area contributed by atoms with Crippen molar-refractivity contribution >= 4 is 12.6 Å². The Bertz CT molecular complexity index is 65.8. The van der Waals surface area contributed by atoms with Crippen molar-refractivity contribution in [2.45, 2.75) is 38.7 Å². The molecule has 0 aromatic rings. The van der Waals surface area contributed by atoms with Gasteiger partial charge in [0.15, 0.2) is 0 Å². The van der Waals surface area contributed by atoms with Gasteiger partial charge in [0.1, 0.15) is 0 Å². The second-order valence-corrected chi connectivity index (χ2v) is 3.44. The van der Waals surface area contributed by atoms with Crippen LogP contribution in [-0.2, 0) is 0 Å². The first-order valence-electron chi connectivity index (χ1n) is 3.39. The molecule has 0 bridgehead atoms. The first kappa shape index (κ1) is 9.31. The molecule has 0 spiro atoms. The van der Waals surface area contributed by atoms with Crippen molar-refractivity contribution in [2.75, 3.05) is 5.75 Å². The van der Waals surface area contributed by atoms with Gasteiger partial charge in [-0.25, -0.2) is 0 Å². The molecule has 0 aromatic heterocycles. The van der Waals surface area contributed by atoms with E-state index in [0.29, 0.717) is 0 Å². The van der Waals surface area contributed by atoms with Crippen LogP contribution in [0.4, 0.5) is 0 Å². The van der Waals surface area contributed by atoms with Crippen LogP contribution in [0.5, 0.6) is 0 Å². The Morgan fingerprint density at radius 3 is 2.22 bits per heavy atom. The minimum absolute atomic E-state index is 0.483. The molecule has 0 aromatic carbocycles. The summed E-state index contributed by atoms with van der Waals surface area (Å²) in [5, 5.41) is 9.22. The smallest absolute Gasteiger partial charge is 0.0591 e. The van der Waals surface area contributed by atoms with Crippen molar-refractivity contribution in [3.05, 3.63) is 0 Å². The summed E-state index contributed by atoms with van der Waals surface area (Å²) in [6, 6.07) is 0. The van der Waals surface area contributed by atoms with Crippen molar-refractivity contribution in [2.24, 2.45) is 0 Å². The van der Waals surface area contributed by atoms with Gasteiger partial charge in [-0.15, -0.1) is 0 Å². The van der Waals surface area contributed by atoms with Crippen molar-refractivity contribution in [1.29, 1.82) is 0 Å². The average Bonchev–Trinajstić information content (AvgIpc) is 1.63. The van der Waals surface area contributed by atoms with E-state index >= 15 is 0 Å². The molecule has 0 saturated carbocycles. The Hall–Kier alpha value is 0.310. The van der Waals surface area contributed by atoms with Gasteiger partial charge in [0.25, 0.3) is 0 Å². The number of thiol groups is 1. The Morgan fingerprint density at radius 1 is 1.33 bits per heavy atom. The molecule has 2 heteroatoms. The van der Waals surface area contributed by atoms with Gasteiger partial charge < -0.3 is 5.11 Å². The summed E-state index contributed by atoms with van der Waals surface area (Å²) in [6.45, 7) is 3.68. The molecule has 0 atom stereocenters. The molecule has 0 fully saturated rings. The van der Waals surface area contributed by atoms with Crippen LogP contribution >= 0.6 is 12.6 Å². The molecule has 0 unspecified atom stereocenters. The summed E-state index contributed by atoms with van der Waals surface area (Å²) in [7, 11) is 0. The van der Waals surface area contributed by atoms with E-state index in [1.807, 2.05) is 13.8 Å². The number of aliphatic hydroxyl groups is 1. The highest BCUT2D eigenvalue weighted by atomic mass is 32.1. The second-order valence-electron chi connectivity index (χ2n) is 2.99. The molecule has 0 radical (unpaired) electrons. The highest BCUT2D eigenvalue weighted by molar-refractivity contribution is 7.80. The summed E-state index contributed by atoms with van der Waals surface area (Å²) in [5.74, 6) is 0.927. The number of hydrogen-bond acceptors (Lipinski definition) is 2. The molecule has 0 heterocycles. The van der Waals surface area contributed by atoms with Crippen LogP contribution in [0.25, 0.3) is 0 Å². The van der Waals surface area contributed by atoms with Crippen LogP contribution < -0.4 is 0 Å². The molecular weight excluding hydrogens is 132 g/mol. The lowest BCUT2D eigenvalue weighted by molar-refractivity contribution is 0.0687. The Balaban J connectivity index is 3.07. The van der Waals surface area contributed by atoms with E-state index < -0.39 is 5.60 Å². The third-order valence-corrected chi connectivity index (χ3v) is 1.51. The minimum Gasteiger partial charge on any atom is -0.390 e. The average molecular weight is 148 g/mol. The third kappa shape index (κ3) is 8.31. The molecule has 0 saturated heterocycles. The first-order chi connectivity index (χ1) is 4.06. The summed E-state index contributed by atoms with van der Waals surface area (Å²) in [6.07, 6.45) is 3.06. The van der Waals surface area contributed by atoms with Crippen LogP contribution in [0.2, 0.25) is 0 Å². The molecule has 0 aliphatic heterocycles. The Morgan fingerprint density at radius 2 is 1.89 bits per heavy atom. The van der Waals surface area contributed by atoms with Crippen molar-refractivity contribution in [3.8, 4) is 0 Å². The second kappa shape index (κ2) is 4.18. The van der Waals surface area contributed by atoms with Gasteiger partial charge in [0.05, 0.1) is 5.60 Å². The quantitative estimate of drug-likeness (QED) is 0.460. The Labute approximate surface area is 62.9 Å². The highest BCUT2D eigenvalue weighted by Crippen LogP contribution is 2.11. The first-order valence-corrected chi connectivity index (χ1v) is 4.03.